The van der Waals surface area contributed by atoms with E-state index in [1.165, 1.54) is 10.9 Å². The Morgan fingerprint density at radius 1 is 1.16 bits per heavy atom. The summed E-state index contributed by atoms with van der Waals surface area (Å²) in [5, 5.41) is 5.73. The van der Waals surface area contributed by atoms with Gasteiger partial charge in [-0.25, -0.2) is 4.79 Å². The van der Waals surface area contributed by atoms with Crippen LogP contribution < -0.4 is 15.0 Å². The molecule has 0 unspecified atom stereocenters. The summed E-state index contributed by atoms with van der Waals surface area (Å²) in [6.45, 7) is 2.13. The molecule has 0 saturated heterocycles. The number of nitrogens with one attached hydrogen (secondary N) is 2. The molecule has 0 fully saturated rings. The van der Waals surface area contributed by atoms with Crippen LogP contribution in [0.2, 0.25) is 5.02 Å². The van der Waals surface area contributed by atoms with Gasteiger partial charge in [0.25, 0.3) is 0 Å². The van der Waals surface area contributed by atoms with E-state index in [-0.39, 0.29) is 19.0 Å². The molecule has 1 aliphatic rings. The van der Waals surface area contributed by atoms with Gasteiger partial charge >= 0.3 is 5.97 Å². The smallest absolute Gasteiger partial charge is 0.331 e. The Hall–Kier alpha value is -3.51. The van der Waals surface area contributed by atoms with Gasteiger partial charge < -0.3 is 19.9 Å². The molecular formula is C24H20ClN3O3. The van der Waals surface area contributed by atoms with Gasteiger partial charge in [0.05, 0.1) is 12.2 Å². The van der Waals surface area contributed by atoms with Crippen LogP contribution >= 0.6 is 11.6 Å². The largest absolute Gasteiger partial charge is 0.423 e. The number of H-pyrrole nitrogens is 1. The summed E-state index contributed by atoms with van der Waals surface area (Å²) in [6, 6.07) is 17.1. The number of esters is 1. The van der Waals surface area contributed by atoms with E-state index in [1.807, 2.05) is 18.2 Å². The van der Waals surface area contributed by atoms with Gasteiger partial charge in [-0.15, -0.1) is 0 Å². The number of benzene rings is 3. The topological polar surface area (TPSA) is 74.4 Å². The lowest BCUT2D eigenvalue weighted by Crippen LogP contribution is -2.41. The maximum absolute atomic E-state index is 12.7. The average Bonchev–Trinajstić information content (AvgIpc) is 3.12. The first kappa shape index (κ1) is 19.5. The molecule has 31 heavy (non-hydrogen) atoms. The maximum Gasteiger partial charge on any atom is 0.331 e. The minimum Gasteiger partial charge on any atom is -0.423 e. The zero-order valence-corrected chi connectivity index (χ0v) is 17.6. The van der Waals surface area contributed by atoms with E-state index in [1.54, 1.807) is 23.1 Å². The van der Waals surface area contributed by atoms with Crippen LogP contribution in [-0.2, 0) is 16.0 Å². The highest BCUT2D eigenvalue weighted by Crippen LogP contribution is 2.34. The average molecular weight is 434 g/mol. The van der Waals surface area contributed by atoms with Crippen molar-refractivity contribution in [3.05, 3.63) is 65.2 Å². The number of aromatic nitrogens is 1. The Balaban J connectivity index is 1.39. The molecule has 3 aromatic carbocycles. The first-order valence-corrected chi connectivity index (χ1v) is 10.5. The van der Waals surface area contributed by atoms with Gasteiger partial charge in [-0.05, 0) is 42.3 Å². The fraction of sp³-hybridized carbons (Fsp3) is 0.167. The van der Waals surface area contributed by atoms with Crippen molar-refractivity contribution in [3.8, 4) is 5.75 Å². The summed E-state index contributed by atoms with van der Waals surface area (Å²) >= 11 is 6.08. The number of anilines is 2. The summed E-state index contributed by atoms with van der Waals surface area (Å²) < 4.78 is 5.24. The summed E-state index contributed by atoms with van der Waals surface area (Å²) in [5.41, 5.74) is 4.66. The minimum absolute atomic E-state index is 0.00711. The van der Waals surface area contributed by atoms with E-state index in [0.29, 0.717) is 22.1 Å². The van der Waals surface area contributed by atoms with Gasteiger partial charge in [0.15, 0.2) is 5.75 Å². The van der Waals surface area contributed by atoms with Crippen molar-refractivity contribution in [2.45, 2.75) is 13.3 Å². The molecule has 0 saturated carbocycles. The van der Waals surface area contributed by atoms with Crippen molar-refractivity contribution in [1.29, 1.82) is 0 Å². The molecule has 7 heteroatoms. The Kier molecular flexibility index (Phi) is 4.79. The van der Waals surface area contributed by atoms with Gasteiger partial charge in [-0.2, -0.15) is 0 Å². The predicted molar refractivity (Wildman–Crippen MR) is 123 cm³/mol. The molecule has 0 bridgehead atoms. The molecule has 5 rings (SSSR count). The number of carbonyl (C=O) groups excluding carboxylic acids is 2. The van der Waals surface area contributed by atoms with Crippen molar-refractivity contribution >= 4 is 56.7 Å². The van der Waals surface area contributed by atoms with Crippen LogP contribution in [-0.4, -0.2) is 29.9 Å². The Morgan fingerprint density at radius 3 is 2.87 bits per heavy atom. The highest BCUT2D eigenvalue weighted by molar-refractivity contribution is 6.31. The molecule has 1 amide bonds. The molecule has 156 valence electrons. The van der Waals surface area contributed by atoms with Crippen LogP contribution in [0.5, 0.6) is 5.75 Å². The third-order valence-electron chi connectivity index (χ3n) is 5.52. The highest BCUT2D eigenvalue weighted by atomic mass is 35.5. The molecule has 0 radical (unpaired) electrons. The first-order valence-electron chi connectivity index (χ1n) is 10.1. The number of halogens is 1. The Bertz CT molecular complexity index is 1340. The minimum atomic E-state index is -0.408. The third kappa shape index (κ3) is 3.59. The second-order valence-electron chi connectivity index (χ2n) is 7.57. The van der Waals surface area contributed by atoms with Gasteiger partial charge in [0, 0.05) is 32.5 Å². The molecule has 0 aliphatic carbocycles. The maximum atomic E-state index is 12.7. The monoisotopic (exact) mass is 433 g/mol. The number of aromatic amines is 1. The summed E-state index contributed by atoms with van der Waals surface area (Å²) in [4.78, 5) is 29.8. The quantitative estimate of drug-likeness (QED) is 0.354. The lowest BCUT2D eigenvalue weighted by molar-refractivity contribution is -0.133. The number of hydrogen-bond donors (Lipinski definition) is 2. The zero-order valence-electron chi connectivity index (χ0n) is 16.9. The SMILES string of the molecule is CCc1cccc2c1[nH]c1cc(NC(=O)CN3CC(=O)Oc4ccc(Cl)cc43)ccc12. The molecule has 1 aromatic heterocycles. The van der Waals surface area contributed by atoms with E-state index in [2.05, 4.69) is 35.4 Å². The molecule has 2 N–H and O–H groups in total. The van der Waals surface area contributed by atoms with Crippen molar-refractivity contribution < 1.29 is 14.3 Å². The van der Waals surface area contributed by atoms with Crippen LogP contribution in [0.4, 0.5) is 11.4 Å². The van der Waals surface area contributed by atoms with Gasteiger partial charge in [-0.3, -0.25) is 4.79 Å². The van der Waals surface area contributed by atoms with Crippen LogP contribution in [0.3, 0.4) is 0 Å². The fourth-order valence-corrected chi connectivity index (χ4v) is 4.26. The number of amides is 1. The summed E-state index contributed by atoms with van der Waals surface area (Å²) in [5.74, 6) is -0.237. The number of nitrogens with zero attached hydrogens (tertiary/aromatic N) is 1. The summed E-state index contributed by atoms with van der Waals surface area (Å²) in [7, 11) is 0. The number of fused-ring (bicyclic) bond motifs is 4. The molecule has 2 heterocycles. The van der Waals surface area contributed by atoms with E-state index >= 15 is 0 Å². The number of hydrogen-bond acceptors (Lipinski definition) is 4. The molecule has 1 aliphatic heterocycles. The summed E-state index contributed by atoms with van der Waals surface area (Å²) in [6.07, 6.45) is 0.942. The second-order valence-corrected chi connectivity index (χ2v) is 8.01. The fourth-order valence-electron chi connectivity index (χ4n) is 4.10. The number of rotatable bonds is 4. The van der Waals surface area contributed by atoms with Gasteiger partial charge in [-0.1, -0.05) is 42.8 Å². The van der Waals surface area contributed by atoms with E-state index < -0.39 is 5.97 Å². The van der Waals surface area contributed by atoms with E-state index in [9.17, 15) is 9.59 Å². The van der Waals surface area contributed by atoms with Crippen molar-refractivity contribution in [1.82, 2.24) is 4.98 Å². The standard InChI is InChI=1S/C24H20ClN3O3/c1-2-14-4-3-5-18-17-8-7-16(11-19(17)27-24(14)18)26-22(29)12-28-13-23(30)31-21-9-6-15(25)10-20(21)28/h3-11,27H,2,12-13H2,1H3,(H,26,29). The number of aryl methyl sites for hydroxylation is 1. The van der Waals surface area contributed by atoms with E-state index in [0.717, 1.165) is 22.8 Å². The number of carbonyl (C=O) groups is 2. The second kappa shape index (κ2) is 7.63. The van der Waals surface area contributed by atoms with Crippen LogP contribution in [0.1, 0.15) is 12.5 Å². The van der Waals surface area contributed by atoms with Crippen LogP contribution in [0.15, 0.2) is 54.6 Å². The highest BCUT2D eigenvalue weighted by Gasteiger charge is 2.26. The molecule has 0 spiro atoms. The molecule has 4 aromatic rings. The molecule has 0 atom stereocenters. The lowest BCUT2D eigenvalue weighted by Gasteiger charge is -2.29. The molecular weight excluding hydrogens is 414 g/mol. The van der Waals surface area contributed by atoms with Gasteiger partial charge in [0.1, 0.15) is 6.54 Å². The zero-order chi connectivity index (χ0) is 21.5. The first-order chi connectivity index (χ1) is 15.0. The lowest BCUT2D eigenvalue weighted by atomic mass is 10.1. The molecule has 6 nitrogen and oxygen atoms in total. The van der Waals surface area contributed by atoms with Gasteiger partial charge in [0.2, 0.25) is 5.91 Å². The van der Waals surface area contributed by atoms with E-state index in [4.69, 9.17) is 16.3 Å². The Morgan fingerprint density at radius 2 is 2.03 bits per heavy atom. The third-order valence-corrected chi connectivity index (χ3v) is 5.76. The Labute approximate surface area is 183 Å². The van der Waals surface area contributed by atoms with Crippen molar-refractivity contribution in [3.63, 3.8) is 0 Å². The van der Waals surface area contributed by atoms with Crippen molar-refractivity contribution in [2.75, 3.05) is 23.3 Å². The number of ether oxygens (including phenoxy) is 1. The number of para-hydroxylation sites is 1. The predicted octanol–water partition coefficient (Wildman–Crippen LogP) is 4.90. The van der Waals surface area contributed by atoms with Crippen molar-refractivity contribution in [2.24, 2.45) is 0 Å². The van der Waals surface area contributed by atoms with Crippen LogP contribution in [0, 0.1) is 0 Å². The normalized spacial score (nSPS) is 13.4. The van der Waals surface area contributed by atoms with Crippen LogP contribution in [0.25, 0.3) is 21.8 Å².